The Hall–Kier alpha value is -2.37. The zero-order valence-corrected chi connectivity index (χ0v) is 11.1. The van der Waals surface area contributed by atoms with Gasteiger partial charge in [0, 0.05) is 6.42 Å². The van der Waals surface area contributed by atoms with E-state index in [1.165, 1.54) is 36.5 Å². The second-order valence-corrected chi connectivity index (χ2v) is 4.25. The van der Waals surface area contributed by atoms with Gasteiger partial charge in [-0.2, -0.15) is 13.2 Å². The maximum absolute atomic E-state index is 12.8. The van der Waals surface area contributed by atoms with Crippen molar-refractivity contribution in [3.05, 3.63) is 53.9 Å². The monoisotopic (exact) mass is 295 g/mol. The molecule has 1 aromatic heterocycles. The third kappa shape index (κ3) is 3.59. The van der Waals surface area contributed by atoms with Crippen LogP contribution in [0.3, 0.4) is 0 Å². The van der Waals surface area contributed by atoms with Gasteiger partial charge in [0.05, 0.1) is 11.8 Å². The highest BCUT2D eigenvalue weighted by molar-refractivity contribution is 5.93. The molecule has 6 heteroatoms. The normalized spacial score (nSPS) is 11.2. The number of nitrogens with zero attached hydrogens (tertiary/aromatic N) is 1. The number of halogens is 3. The van der Waals surface area contributed by atoms with Crippen LogP contribution >= 0.6 is 0 Å². The van der Waals surface area contributed by atoms with Crippen LogP contribution in [0.4, 0.5) is 13.2 Å². The number of Topliss-reactive ketones (excluding diaryl/α,β-unsaturated/α-hetero) is 1. The maximum atomic E-state index is 12.8. The minimum Gasteiger partial charge on any atom is -0.455 e. The topological polar surface area (TPSA) is 39.2 Å². The maximum Gasteiger partial charge on any atom is 0.419 e. The smallest absolute Gasteiger partial charge is 0.419 e. The van der Waals surface area contributed by atoms with Gasteiger partial charge in [-0.1, -0.05) is 19.1 Å². The Morgan fingerprint density at radius 2 is 1.90 bits per heavy atom. The quantitative estimate of drug-likeness (QED) is 0.780. The van der Waals surface area contributed by atoms with Crippen LogP contribution in [0.25, 0.3) is 0 Å². The molecule has 0 aliphatic heterocycles. The van der Waals surface area contributed by atoms with E-state index in [1.54, 1.807) is 6.92 Å². The molecule has 2 rings (SSSR count). The van der Waals surface area contributed by atoms with Gasteiger partial charge in [0.1, 0.15) is 17.2 Å². The summed E-state index contributed by atoms with van der Waals surface area (Å²) in [4.78, 5) is 15.3. The van der Waals surface area contributed by atoms with Crippen molar-refractivity contribution in [1.29, 1.82) is 0 Å². The molecule has 0 spiro atoms. The molecule has 21 heavy (non-hydrogen) atoms. The molecule has 0 saturated carbocycles. The lowest BCUT2D eigenvalue weighted by Gasteiger charge is -2.13. The zero-order chi connectivity index (χ0) is 15.5. The molecule has 110 valence electrons. The van der Waals surface area contributed by atoms with Gasteiger partial charge in [-0.15, -0.1) is 0 Å². The van der Waals surface area contributed by atoms with Crippen molar-refractivity contribution in [2.45, 2.75) is 19.5 Å². The summed E-state index contributed by atoms with van der Waals surface area (Å²) in [5.74, 6) is -0.307. The first kappa shape index (κ1) is 15.0. The predicted molar refractivity (Wildman–Crippen MR) is 70.4 cm³/mol. The number of hydrogen-bond donors (Lipinski definition) is 0. The van der Waals surface area contributed by atoms with E-state index in [-0.39, 0.29) is 23.0 Å². The van der Waals surface area contributed by atoms with Gasteiger partial charge in [0.15, 0.2) is 5.78 Å². The standard InChI is InChI=1S/C15H12F3NO2/c1-2-13(20)12-8-7-10(9-19-12)21-14-6-4-3-5-11(14)15(16,17)18/h3-9H,2H2,1H3. The second kappa shape index (κ2) is 5.95. The van der Waals surface area contributed by atoms with Crippen LogP contribution in [-0.2, 0) is 6.18 Å². The predicted octanol–water partition coefficient (Wildman–Crippen LogP) is 4.49. The number of alkyl halides is 3. The number of hydrogen-bond acceptors (Lipinski definition) is 3. The molecule has 1 aromatic carbocycles. The Labute approximate surface area is 119 Å². The minimum absolute atomic E-state index is 0.138. The summed E-state index contributed by atoms with van der Waals surface area (Å²) >= 11 is 0. The highest BCUT2D eigenvalue weighted by Crippen LogP contribution is 2.37. The van der Waals surface area contributed by atoms with E-state index in [1.807, 2.05) is 0 Å². The van der Waals surface area contributed by atoms with E-state index >= 15 is 0 Å². The van der Waals surface area contributed by atoms with Crippen LogP contribution in [0.5, 0.6) is 11.5 Å². The van der Waals surface area contributed by atoms with E-state index in [2.05, 4.69) is 4.98 Å². The number of pyridine rings is 1. The van der Waals surface area contributed by atoms with Crippen LogP contribution in [0.1, 0.15) is 29.4 Å². The summed E-state index contributed by atoms with van der Waals surface area (Å²) in [5, 5.41) is 0. The SMILES string of the molecule is CCC(=O)c1ccc(Oc2ccccc2C(F)(F)F)cn1. The average molecular weight is 295 g/mol. The molecule has 3 nitrogen and oxygen atoms in total. The summed E-state index contributed by atoms with van der Waals surface area (Å²) in [7, 11) is 0. The fourth-order valence-corrected chi connectivity index (χ4v) is 1.70. The molecule has 0 aliphatic rings. The molecule has 0 fully saturated rings. The number of ether oxygens (including phenoxy) is 1. The third-order valence-corrected chi connectivity index (χ3v) is 2.76. The molecular formula is C15H12F3NO2. The van der Waals surface area contributed by atoms with E-state index < -0.39 is 11.7 Å². The van der Waals surface area contributed by atoms with Crippen LogP contribution in [0.2, 0.25) is 0 Å². The highest BCUT2D eigenvalue weighted by atomic mass is 19.4. The number of benzene rings is 1. The number of carbonyl (C=O) groups is 1. The first-order valence-electron chi connectivity index (χ1n) is 6.25. The lowest BCUT2D eigenvalue weighted by molar-refractivity contribution is -0.138. The van der Waals surface area contributed by atoms with Crippen molar-refractivity contribution in [2.75, 3.05) is 0 Å². The minimum atomic E-state index is -4.50. The molecule has 0 aliphatic carbocycles. The number of para-hydroxylation sites is 1. The van der Waals surface area contributed by atoms with Gasteiger partial charge in [-0.05, 0) is 24.3 Å². The lowest BCUT2D eigenvalue weighted by Crippen LogP contribution is -2.07. The number of carbonyl (C=O) groups excluding carboxylic acids is 1. The second-order valence-electron chi connectivity index (χ2n) is 4.25. The van der Waals surface area contributed by atoms with Crippen LogP contribution < -0.4 is 4.74 Å². The Morgan fingerprint density at radius 1 is 1.19 bits per heavy atom. The summed E-state index contributed by atoms with van der Waals surface area (Å²) in [5.41, 5.74) is -0.604. The van der Waals surface area contributed by atoms with E-state index in [0.717, 1.165) is 6.07 Å². The van der Waals surface area contributed by atoms with Gasteiger partial charge in [0.25, 0.3) is 0 Å². The lowest BCUT2D eigenvalue weighted by atomic mass is 10.2. The Morgan fingerprint density at radius 3 is 2.48 bits per heavy atom. The van der Waals surface area contributed by atoms with Crippen molar-refractivity contribution in [3.63, 3.8) is 0 Å². The number of rotatable bonds is 4. The van der Waals surface area contributed by atoms with Crippen molar-refractivity contribution < 1.29 is 22.7 Å². The Bertz CT molecular complexity index is 636. The molecule has 0 amide bonds. The molecule has 0 radical (unpaired) electrons. The van der Waals surface area contributed by atoms with Crippen molar-refractivity contribution in [1.82, 2.24) is 4.98 Å². The van der Waals surface area contributed by atoms with Gasteiger partial charge in [-0.25, -0.2) is 4.98 Å². The summed E-state index contributed by atoms with van der Waals surface area (Å²) < 4.78 is 43.7. The van der Waals surface area contributed by atoms with Crippen LogP contribution in [0.15, 0.2) is 42.6 Å². The first-order chi connectivity index (χ1) is 9.91. The summed E-state index contributed by atoms with van der Waals surface area (Å²) in [6.45, 7) is 1.70. The molecule has 0 atom stereocenters. The van der Waals surface area contributed by atoms with Gasteiger partial charge < -0.3 is 4.74 Å². The third-order valence-electron chi connectivity index (χ3n) is 2.76. The zero-order valence-electron chi connectivity index (χ0n) is 11.1. The molecule has 0 N–H and O–H groups in total. The van der Waals surface area contributed by atoms with Gasteiger partial charge >= 0.3 is 6.18 Å². The van der Waals surface area contributed by atoms with Crippen LogP contribution in [0, 0.1) is 0 Å². The number of aromatic nitrogens is 1. The van der Waals surface area contributed by atoms with Crippen molar-refractivity contribution in [3.8, 4) is 11.5 Å². The van der Waals surface area contributed by atoms with Crippen LogP contribution in [-0.4, -0.2) is 10.8 Å². The largest absolute Gasteiger partial charge is 0.455 e. The van der Waals surface area contributed by atoms with E-state index in [4.69, 9.17) is 4.74 Å². The summed E-state index contributed by atoms with van der Waals surface area (Å²) in [6.07, 6.45) is -2.96. The molecule has 0 bridgehead atoms. The van der Waals surface area contributed by atoms with E-state index in [0.29, 0.717) is 6.42 Å². The highest BCUT2D eigenvalue weighted by Gasteiger charge is 2.34. The van der Waals surface area contributed by atoms with Gasteiger partial charge in [-0.3, -0.25) is 4.79 Å². The molecule has 0 saturated heterocycles. The van der Waals surface area contributed by atoms with Crippen molar-refractivity contribution in [2.24, 2.45) is 0 Å². The summed E-state index contributed by atoms with van der Waals surface area (Å²) in [6, 6.07) is 7.76. The fraction of sp³-hybridized carbons (Fsp3) is 0.200. The fourth-order valence-electron chi connectivity index (χ4n) is 1.70. The number of ketones is 1. The van der Waals surface area contributed by atoms with Crippen molar-refractivity contribution >= 4 is 5.78 Å². The first-order valence-corrected chi connectivity index (χ1v) is 6.25. The van der Waals surface area contributed by atoms with Gasteiger partial charge in [0.2, 0.25) is 0 Å². The molecule has 0 unspecified atom stereocenters. The molecule has 1 heterocycles. The average Bonchev–Trinajstić information content (AvgIpc) is 2.47. The molecular weight excluding hydrogens is 283 g/mol. The Balaban J connectivity index is 2.25. The molecule has 2 aromatic rings. The Kier molecular flexibility index (Phi) is 4.26. The van der Waals surface area contributed by atoms with E-state index in [9.17, 15) is 18.0 Å².